The van der Waals surface area contributed by atoms with Crippen LogP contribution in [0.2, 0.25) is 0 Å². The Hall–Kier alpha value is -1.09. The average Bonchev–Trinajstić information content (AvgIpc) is 2.38. The third-order valence-electron chi connectivity index (χ3n) is 4.08. The van der Waals surface area contributed by atoms with Gasteiger partial charge in [0.25, 0.3) is 0 Å². The number of nitrogens with zero attached hydrogens (tertiary/aromatic N) is 2. The van der Waals surface area contributed by atoms with Crippen molar-refractivity contribution in [2.75, 3.05) is 11.9 Å². The predicted octanol–water partition coefficient (Wildman–Crippen LogP) is 2.90. The number of aromatic nitrogens is 1. The van der Waals surface area contributed by atoms with Crippen molar-refractivity contribution in [1.29, 1.82) is 0 Å². The van der Waals surface area contributed by atoms with Gasteiger partial charge in [-0.3, -0.25) is 0 Å². The number of aryl methyl sites for hydroxylation is 1. The van der Waals surface area contributed by atoms with E-state index in [4.69, 9.17) is 0 Å². The van der Waals surface area contributed by atoms with Gasteiger partial charge in [-0.1, -0.05) is 6.92 Å². The lowest BCUT2D eigenvalue weighted by Crippen LogP contribution is -2.35. The second kappa shape index (κ2) is 5.70. The van der Waals surface area contributed by atoms with E-state index < -0.39 is 0 Å². The number of rotatable bonds is 3. The average molecular weight is 248 g/mol. The Morgan fingerprint density at radius 1 is 1.28 bits per heavy atom. The maximum atomic E-state index is 9.27. The van der Waals surface area contributed by atoms with E-state index in [-0.39, 0.29) is 6.61 Å². The zero-order valence-corrected chi connectivity index (χ0v) is 11.7. The molecule has 0 saturated heterocycles. The van der Waals surface area contributed by atoms with Gasteiger partial charge in [-0.25, -0.2) is 4.98 Å². The van der Waals surface area contributed by atoms with Crippen LogP contribution in [0.4, 0.5) is 5.82 Å². The minimum Gasteiger partial charge on any atom is -0.392 e. The minimum absolute atomic E-state index is 0.0892. The van der Waals surface area contributed by atoms with E-state index in [1.54, 1.807) is 0 Å². The molecular weight excluding hydrogens is 224 g/mol. The van der Waals surface area contributed by atoms with Crippen LogP contribution in [0, 0.1) is 12.8 Å². The first-order valence-corrected chi connectivity index (χ1v) is 6.91. The normalized spacial score (nSPS) is 24.0. The molecule has 0 radical (unpaired) electrons. The molecule has 1 aliphatic rings. The van der Waals surface area contributed by atoms with E-state index in [0.29, 0.717) is 6.04 Å². The zero-order chi connectivity index (χ0) is 13.1. The topological polar surface area (TPSA) is 36.4 Å². The van der Waals surface area contributed by atoms with Crippen molar-refractivity contribution in [1.82, 2.24) is 4.98 Å². The van der Waals surface area contributed by atoms with E-state index in [0.717, 1.165) is 23.0 Å². The van der Waals surface area contributed by atoms with Gasteiger partial charge in [-0.15, -0.1) is 0 Å². The van der Waals surface area contributed by atoms with Crippen LogP contribution in [0.25, 0.3) is 0 Å². The monoisotopic (exact) mass is 248 g/mol. The van der Waals surface area contributed by atoms with Crippen LogP contribution in [0.3, 0.4) is 0 Å². The van der Waals surface area contributed by atoms with Crippen molar-refractivity contribution >= 4 is 5.82 Å². The van der Waals surface area contributed by atoms with Crippen LogP contribution in [0.1, 0.15) is 43.9 Å². The van der Waals surface area contributed by atoms with Gasteiger partial charge in [0.1, 0.15) is 5.82 Å². The van der Waals surface area contributed by atoms with Crippen LogP contribution < -0.4 is 4.90 Å². The number of pyridine rings is 1. The van der Waals surface area contributed by atoms with Crippen molar-refractivity contribution in [3.63, 3.8) is 0 Å². The van der Waals surface area contributed by atoms with Crippen molar-refractivity contribution in [3.05, 3.63) is 23.4 Å². The minimum atomic E-state index is 0.0892. The van der Waals surface area contributed by atoms with Crippen LogP contribution in [-0.2, 0) is 6.61 Å². The Kier molecular flexibility index (Phi) is 4.23. The molecule has 1 N–H and O–H groups in total. The van der Waals surface area contributed by atoms with Crippen molar-refractivity contribution in [2.45, 2.75) is 52.2 Å². The van der Waals surface area contributed by atoms with E-state index in [9.17, 15) is 5.11 Å². The number of hydrogen-bond acceptors (Lipinski definition) is 3. The molecule has 1 aromatic heterocycles. The Bertz CT molecular complexity index is 397. The fourth-order valence-corrected chi connectivity index (χ4v) is 2.81. The first-order valence-electron chi connectivity index (χ1n) is 6.91. The van der Waals surface area contributed by atoms with Crippen LogP contribution in [0.5, 0.6) is 0 Å². The van der Waals surface area contributed by atoms with Crippen molar-refractivity contribution in [2.24, 2.45) is 5.92 Å². The maximum Gasteiger partial charge on any atom is 0.129 e. The standard InChI is InChI=1S/C15H24N2O/c1-11-4-6-14(7-5-11)17(3)15-9-13(10-18)8-12(2)16-15/h8-9,11,14,18H,4-7,10H2,1-3H3. The fourth-order valence-electron chi connectivity index (χ4n) is 2.81. The van der Waals surface area contributed by atoms with E-state index in [1.165, 1.54) is 25.7 Å². The summed E-state index contributed by atoms with van der Waals surface area (Å²) in [5.74, 6) is 1.87. The second-order valence-electron chi connectivity index (χ2n) is 5.66. The number of aliphatic hydroxyl groups excluding tert-OH is 1. The summed E-state index contributed by atoms with van der Waals surface area (Å²) >= 11 is 0. The van der Waals surface area contributed by atoms with Gasteiger partial charge in [0.05, 0.1) is 6.61 Å². The molecule has 0 aromatic carbocycles. The lowest BCUT2D eigenvalue weighted by atomic mass is 9.87. The van der Waals surface area contributed by atoms with Crippen LogP contribution >= 0.6 is 0 Å². The summed E-state index contributed by atoms with van der Waals surface area (Å²) < 4.78 is 0. The van der Waals surface area contributed by atoms with Gasteiger partial charge in [-0.2, -0.15) is 0 Å². The number of hydrogen-bond donors (Lipinski definition) is 1. The van der Waals surface area contributed by atoms with E-state index >= 15 is 0 Å². The third kappa shape index (κ3) is 3.02. The second-order valence-corrected chi connectivity index (χ2v) is 5.66. The summed E-state index contributed by atoms with van der Waals surface area (Å²) in [6, 6.07) is 4.55. The molecule has 0 aliphatic heterocycles. The van der Waals surface area contributed by atoms with Gasteiger partial charge in [0.2, 0.25) is 0 Å². The highest BCUT2D eigenvalue weighted by atomic mass is 16.3. The lowest BCUT2D eigenvalue weighted by molar-refractivity contribution is 0.281. The third-order valence-corrected chi connectivity index (χ3v) is 4.08. The quantitative estimate of drug-likeness (QED) is 0.893. The lowest BCUT2D eigenvalue weighted by Gasteiger charge is -2.34. The highest BCUT2D eigenvalue weighted by molar-refractivity contribution is 5.42. The van der Waals surface area contributed by atoms with E-state index in [2.05, 4.69) is 23.9 Å². The molecule has 3 nitrogen and oxygen atoms in total. The first kappa shape index (κ1) is 13.3. The molecule has 0 spiro atoms. The summed E-state index contributed by atoms with van der Waals surface area (Å²) in [6.07, 6.45) is 5.13. The Morgan fingerprint density at radius 2 is 1.94 bits per heavy atom. The first-order chi connectivity index (χ1) is 8.60. The molecule has 1 fully saturated rings. The fraction of sp³-hybridized carbons (Fsp3) is 0.667. The molecule has 2 rings (SSSR count). The molecule has 1 heterocycles. The molecule has 0 unspecified atom stereocenters. The summed E-state index contributed by atoms with van der Waals surface area (Å²) in [5.41, 5.74) is 1.93. The molecule has 0 bridgehead atoms. The molecule has 18 heavy (non-hydrogen) atoms. The molecule has 1 aliphatic carbocycles. The van der Waals surface area contributed by atoms with Gasteiger partial charge in [-0.05, 0) is 56.2 Å². The zero-order valence-electron chi connectivity index (χ0n) is 11.7. The smallest absolute Gasteiger partial charge is 0.129 e. The predicted molar refractivity (Wildman–Crippen MR) is 74.7 cm³/mol. The largest absolute Gasteiger partial charge is 0.392 e. The molecule has 0 amide bonds. The Labute approximate surface area is 110 Å². The molecule has 1 saturated carbocycles. The van der Waals surface area contributed by atoms with Gasteiger partial charge in [0.15, 0.2) is 0 Å². The Morgan fingerprint density at radius 3 is 2.56 bits per heavy atom. The summed E-state index contributed by atoms with van der Waals surface area (Å²) in [6.45, 7) is 4.41. The summed E-state index contributed by atoms with van der Waals surface area (Å²) in [7, 11) is 2.13. The SMILES string of the molecule is Cc1cc(CO)cc(N(C)C2CCC(C)CC2)n1. The summed E-state index contributed by atoms with van der Waals surface area (Å²) in [4.78, 5) is 6.88. The maximum absolute atomic E-state index is 9.27. The van der Waals surface area contributed by atoms with Gasteiger partial charge >= 0.3 is 0 Å². The van der Waals surface area contributed by atoms with Crippen molar-refractivity contribution in [3.8, 4) is 0 Å². The molecule has 0 atom stereocenters. The highest BCUT2D eigenvalue weighted by Gasteiger charge is 2.22. The number of anilines is 1. The van der Waals surface area contributed by atoms with Gasteiger partial charge < -0.3 is 10.0 Å². The molecular formula is C15H24N2O. The van der Waals surface area contributed by atoms with Crippen LogP contribution in [-0.4, -0.2) is 23.2 Å². The molecule has 1 aromatic rings. The Balaban J connectivity index is 2.12. The molecule has 3 heteroatoms. The van der Waals surface area contributed by atoms with Gasteiger partial charge in [0, 0.05) is 18.8 Å². The number of aliphatic hydroxyl groups is 1. The highest BCUT2D eigenvalue weighted by Crippen LogP contribution is 2.29. The van der Waals surface area contributed by atoms with Crippen molar-refractivity contribution < 1.29 is 5.11 Å². The summed E-state index contributed by atoms with van der Waals surface area (Å²) in [5, 5.41) is 9.27. The molecule has 100 valence electrons. The van der Waals surface area contributed by atoms with E-state index in [1.807, 2.05) is 19.1 Å². The van der Waals surface area contributed by atoms with Crippen LogP contribution in [0.15, 0.2) is 12.1 Å².